The van der Waals surface area contributed by atoms with Gasteiger partial charge in [0.2, 0.25) is 0 Å². The summed E-state index contributed by atoms with van der Waals surface area (Å²) < 4.78 is 22.3. The minimum absolute atomic E-state index is 0.660. The first-order chi connectivity index (χ1) is 20.7. The zero-order valence-electron chi connectivity index (χ0n) is 24.9. The van der Waals surface area contributed by atoms with Gasteiger partial charge in [-0.2, -0.15) is 0 Å². The van der Waals surface area contributed by atoms with Gasteiger partial charge in [0.25, 0.3) is 0 Å². The van der Waals surface area contributed by atoms with E-state index < -0.39 is 0 Å². The second kappa shape index (κ2) is 18.7. The second-order valence-corrected chi connectivity index (χ2v) is 12.2. The van der Waals surface area contributed by atoms with E-state index in [1.54, 1.807) is 0 Å². The largest absolute Gasteiger partial charge is 0.379 e. The molecule has 2 aromatic heterocycles. The minimum Gasteiger partial charge on any atom is -0.379 e. The van der Waals surface area contributed by atoms with Gasteiger partial charge in [0.05, 0.1) is 39.6 Å². The Hall–Kier alpha value is -2.76. The number of rotatable bonds is 18. The lowest BCUT2D eigenvalue weighted by atomic mass is 10.1. The first-order valence-corrected chi connectivity index (χ1v) is 16.6. The fourth-order valence-electron chi connectivity index (χ4n) is 4.19. The molecule has 4 rings (SSSR count). The van der Waals surface area contributed by atoms with Crippen LogP contribution in [0.5, 0.6) is 0 Å². The third kappa shape index (κ3) is 11.1. The Kier molecular flexibility index (Phi) is 14.3. The summed E-state index contributed by atoms with van der Waals surface area (Å²) in [6.07, 6.45) is 3.95. The van der Waals surface area contributed by atoms with Crippen molar-refractivity contribution in [3.63, 3.8) is 0 Å². The van der Waals surface area contributed by atoms with Crippen LogP contribution in [0.4, 0.5) is 0 Å². The third-order valence-electron chi connectivity index (χ3n) is 6.44. The highest BCUT2D eigenvalue weighted by atomic mass is 32.1. The number of thiophene rings is 2. The Labute approximate surface area is 259 Å². The molecule has 0 aliphatic carbocycles. The summed E-state index contributed by atoms with van der Waals surface area (Å²) in [6.45, 7) is 9.96. The molecule has 0 N–H and O–H groups in total. The van der Waals surface area contributed by atoms with E-state index in [0.717, 1.165) is 63.2 Å². The van der Waals surface area contributed by atoms with Gasteiger partial charge >= 0.3 is 0 Å². The van der Waals surface area contributed by atoms with E-state index in [4.69, 9.17) is 18.9 Å². The van der Waals surface area contributed by atoms with Crippen LogP contribution in [0.1, 0.15) is 47.6 Å². The molecule has 0 saturated heterocycles. The summed E-state index contributed by atoms with van der Waals surface area (Å²) in [4.78, 5) is 5.21. The third-order valence-corrected chi connectivity index (χ3v) is 8.83. The maximum absolute atomic E-state index is 5.70. The standard InChI is InChI=1S/C36H42O4S2/c1-3-21-37-25-27-39-23-19-33-15-17-35(41-33)31-11-7-29(8-12-31)5-6-30-9-13-32(14-10-30)36-18-16-34(42-36)20-24-40-28-26-38-22-4-2/h7-18H,3-4,19-28H2,1-2H3. The number of hydrogen-bond acceptors (Lipinski definition) is 6. The van der Waals surface area contributed by atoms with Crippen LogP contribution in [0.15, 0.2) is 72.8 Å². The molecule has 4 aromatic rings. The molecule has 0 unspecified atom stereocenters. The molecule has 2 aromatic carbocycles. The fourth-order valence-corrected chi connectivity index (χ4v) is 6.18. The minimum atomic E-state index is 0.660. The van der Waals surface area contributed by atoms with Crippen LogP contribution in [0.3, 0.4) is 0 Å². The Morgan fingerprint density at radius 1 is 0.452 bits per heavy atom. The fraction of sp³-hybridized carbons (Fsp3) is 0.389. The summed E-state index contributed by atoms with van der Waals surface area (Å²) in [5.41, 5.74) is 4.47. The molecule has 6 heteroatoms. The van der Waals surface area contributed by atoms with Gasteiger partial charge in [-0.25, -0.2) is 0 Å². The van der Waals surface area contributed by atoms with Crippen LogP contribution in [-0.4, -0.2) is 52.9 Å². The molecule has 0 atom stereocenters. The first kappa shape index (κ1) is 32.2. The van der Waals surface area contributed by atoms with E-state index >= 15 is 0 Å². The smallest absolute Gasteiger partial charge is 0.0700 e. The summed E-state index contributed by atoms with van der Waals surface area (Å²) in [7, 11) is 0. The maximum atomic E-state index is 5.70. The van der Waals surface area contributed by atoms with Crippen molar-refractivity contribution in [2.45, 2.75) is 39.5 Å². The molecule has 0 radical (unpaired) electrons. The zero-order chi connectivity index (χ0) is 29.2. The van der Waals surface area contributed by atoms with Gasteiger partial charge in [-0.15, -0.1) is 22.7 Å². The van der Waals surface area contributed by atoms with Crippen molar-refractivity contribution in [3.8, 4) is 32.7 Å². The van der Waals surface area contributed by atoms with E-state index in [1.807, 2.05) is 22.7 Å². The van der Waals surface area contributed by atoms with Gasteiger partial charge in [-0.05, 0) is 72.5 Å². The SMILES string of the molecule is CCCOCCOCCc1ccc(-c2ccc(C#Cc3ccc(-c4ccc(CCOCCOCCC)s4)cc3)cc2)s1. The summed E-state index contributed by atoms with van der Waals surface area (Å²) >= 11 is 3.65. The number of hydrogen-bond donors (Lipinski definition) is 0. The average molecular weight is 603 g/mol. The Morgan fingerprint density at radius 2 is 0.833 bits per heavy atom. The van der Waals surface area contributed by atoms with Crippen LogP contribution < -0.4 is 0 Å². The van der Waals surface area contributed by atoms with Gasteiger partial charge in [0.15, 0.2) is 0 Å². The first-order valence-electron chi connectivity index (χ1n) is 15.0. The molecular formula is C36H42O4S2. The molecule has 0 fully saturated rings. The molecule has 2 heterocycles. The lowest BCUT2D eigenvalue weighted by Gasteiger charge is -2.04. The normalized spacial score (nSPS) is 11.0. The van der Waals surface area contributed by atoms with Crippen molar-refractivity contribution in [1.29, 1.82) is 0 Å². The molecule has 0 aliphatic heterocycles. The molecule has 0 spiro atoms. The van der Waals surface area contributed by atoms with Crippen molar-refractivity contribution >= 4 is 22.7 Å². The molecule has 0 amide bonds. The van der Waals surface area contributed by atoms with Gasteiger partial charge in [0.1, 0.15) is 0 Å². The van der Waals surface area contributed by atoms with E-state index in [0.29, 0.717) is 26.4 Å². The van der Waals surface area contributed by atoms with E-state index in [2.05, 4.69) is 98.5 Å². The van der Waals surface area contributed by atoms with Crippen LogP contribution in [0.25, 0.3) is 20.9 Å². The quantitative estimate of drug-likeness (QED) is 0.0845. The van der Waals surface area contributed by atoms with Gasteiger partial charge in [0, 0.05) is 56.7 Å². The van der Waals surface area contributed by atoms with Crippen LogP contribution in [0, 0.1) is 11.8 Å². The van der Waals surface area contributed by atoms with E-state index in [9.17, 15) is 0 Å². The summed E-state index contributed by atoms with van der Waals surface area (Å²) in [5.74, 6) is 6.62. The number of ether oxygens (including phenoxy) is 4. The average Bonchev–Trinajstić information content (AvgIpc) is 3.70. The second-order valence-electron chi connectivity index (χ2n) is 9.89. The number of benzene rings is 2. The maximum Gasteiger partial charge on any atom is 0.0700 e. The van der Waals surface area contributed by atoms with Gasteiger partial charge < -0.3 is 18.9 Å². The lowest BCUT2D eigenvalue weighted by Crippen LogP contribution is -2.06. The van der Waals surface area contributed by atoms with E-state index in [-0.39, 0.29) is 0 Å². The molecule has 0 saturated carbocycles. The van der Waals surface area contributed by atoms with Crippen molar-refractivity contribution in [2.75, 3.05) is 52.9 Å². The van der Waals surface area contributed by atoms with Crippen molar-refractivity contribution in [3.05, 3.63) is 93.7 Å². The molecule has 222 valence electrons. The van der Waals surface area contributed by atoms with Crippen molar-refractivity contribution in [2.24, 2.45) is 0 Å². The summed E-state index contributed by atoms with van der Waals surface area (Å²) in [5, 5.41) is 0. The zero-order valence-corrected chi connectivity index (χ0v) is 26.5. The van der Waals surface area contributed by atoms with Crippen molar-refractivity contribution < 1.29 is 18.9 Å². The molecular weight excluding hydrogens is 561 g/mol. The van der Waals surface area contributed by atoms with Crippen LogP contribution in [0.2, 0.25) is 0 Å². The lowest BCUT2D eigenvalue weighted by molar-refractivity contribution is 0.0493. The highest BCUT2D eigenvalue weighted by Gasteiger charge is 2.05. The molecule has 0 aliphatic rings. The topological polar surface area (TPSA) is 36.9 Å². The Bertz CT molecular complexity index is 1260. The molecule has 42 heavy (non-hydrogen) atoms. The van der Waals surface area contributed by atoms with Crippen molar-refractivity contribution in [1.82, 2.24) is 0 Å². The van der Waals surface area contributed by atoms with E-state index in [1.165, 1.54) is 30.6 Å². The molecule has 4 nitrogen and oxygen atoms in total. The predicted molar refractivity (Wildman–Crippen MR) is 177 cm³/mol. The highest BCUT2D eigenvalue weighted by molar-refractivity contribution is 7.15. The Balaban J connectivity index is 1.21. The highest BCUT2D eigenvalue weighted by Crippen LogP contribution is 2.30. The van der Waals surface area contributed by atoms with Gasteiger partial charge in [-0.1, -0.05) is 50.0 Å². The summed E-state index contributed by atoms with van der Waals surface area (Å²) in [6, 6.07) is 25.8. The Morgan fingerprint density at radius 3 is 1.21 bits per heavy atom. The van der Waals surface area contributed by atoms with Gasteiger partial charge in [-0.3, -0.25) is 0 Å². The van der Waals surface area contributed by atoms with Crippen LogP contribution >= 0.6 is 22.7 Å². The predicted octanol–water partition coefficient (Wildman–Crippen LogP) is 8.51. The van der Waals surface area contributed by atoms with Crippen LogP contribution in [-0.2, 0) is 31.8 Å². The monoisotopic (exact) mass is 602 g/mol. The molecule has 0 bridgehead atoms.